The van der Waals surface area contributed by atoms with E-state index in [0.29, 0.717) is 11.7 Å². The van der Waals surface area contributed by atoms with E-state index in [-0.39, 0.29) is 6.61 Å². The van der Waals surface area contributed by atoms with Gasteiger partial charge in [0.15, 0.2) is 0 Å². The predicted octanol–water partition coefficient (Wildman–Crippen LogP) is 0.830. The van der Waals surface area contributed by atoms with E-state index in [4.69, 9.17) is 10.8 Å². The molecular formula is C12H20N4O. The average molecular weight is 236 g/mol. The van der Waals surface area contributed by atoms with Crippen LogP contribution >= 0.6 is 0 Å². The summed E-state index contributed by atoms with van der Waals surface area (Å²) in [6.07, 6.45) is 2.79. The topological polar surface area (TPSA) is 75.3 Å². The normalized spacial score (nSPS) is 19.9. The van der Waals surface area contributed by atoms with Crippen LogP contribution in [0.15, 0.2) is 6.07 Å². The minimum absolute atomic E-state index is 0.268. The van der Waals surface area contributed by atoms with E-state index in [1.807, 2.05) is 13.0 Å². The van der Waals surface area contributed by atoms with E-state index in [2.05, 4.69) is 14.9 Å². The molecule has 5 nitrogen and oxygen atoms in total. The van der Waals surface area contributed by atoms with Gasteiger partial charge < -0.3 is 15.7 Å². The highest BCUT2D eigenvalue weighted by atomic mass is 16.3. The van der Waals surface area contributed by atoms with Crippen molar-refractivity contribution in [3.63, 3.8) is 0 Å². The lowest BCUT2D eigenvalue weighted by Gasteiger charge is -2.18. The summed E-state index contributed by atoms with van der Waals surface area (Å²) in [6.45, 7) is 4.24. The van der Waals surface area contributed by atoms with Crippen molar-refractivity contribution < 1.29 is 5.11 Å². The molecule has 0 aromatic carbocycles. The van der Waals surface area contributed by atoms with Crippen molar-refractivity contribution in [2.75, 3.05) is 30.3 Å². The Morgan fingerprint density at radius 1 is 1.53 bits per heavy atom. The zero-order valence-electron chi connectivity index (χ0n) is 10.3. The Bertz CT molecular complexity index is 383. The summed E-state index contributed by atoms with van der Waals surface area (Å²) in [6, 6.07) is 1.83. The van der Waals surface area contributed by atoms with E-state index < -0.39 is 0 Å². The molecule has 1 fully saturated rings. The quantitative estimate of drug-likeness (QED) is 0.810. The van der Waals surface area contributed by atoms with Gasteiger partial charge in [-0.05, 0) is 18.8 Å². The van der Waals surface area contributed by atoms with Gasteiger partial charge in [0.05, 0.1) is 0 Å². The van der Waals surface area contributed by atoms with Crippen LogP contribution < -0.4 is 10.6 Å². The number of nitrogens with zero attached hydrogens (tertiary/aromatic N) is 3. The first-order valence-corrected chi connectivity index (χ1v) is 6.22. The summed E-state index contributed by atoms with van der Waals surface area (Å²) in [7, 11) is 0. The first-order valence-electron chi connectivity index (χ1n) is 6.22. The average Bonchev–Trinajstić information content (AvgIpc) is 2.77. The Labute approximate surface area is 102 Å². The maximum Gasteiger partial charge on any atom is 0.134 e. The van der Waals surface area contributed by atoms with Crippen molar-refractivity contribution in [3.05, 3.63) is 11.9 Å². The number of hydrogen-bond donors (Lipinski definition) is 2. The van der Waals surface area contributed by atoms with Gasteiger partial charge >= 0.3 is 0 Å². The zero-order chi connectivity index (χ0) is 12.3. The summed E-state index contributed by atoms with van der Waals surface area (Å²) in [5.41, 5.74) is 5.78. The van der Waals surface area contributed by atoms with Crippen molar-refractivity contribution in [1.82, 2.24) is 9.97 Å². The number of nitrogens with two attached hydrogens (primary N) is 1. The molecule has 0 radical (unpaired) electrons. The first kappa shape index (κ1) is 12.1. The zero-order valence-corrected chi connectivity index (χ0v) is 10.3. The van der Waals surface area contributed by atoms with Crippen LogP contribution in [0.25, 0.3) is 0 Å². The van der Waals surface area contributed by atoms with Crippen LogP contribution in [0.5, 0.6) is 0 Å². The molecule has 0 saturated carbocycles. The maximum atomic E-state index is 8.95. The monoisotopic (exact) mass is 236 g/mol. The molecule has 0 spiro atoms. The van der Waals surface area contributed by atoms with Crippen LogP contribution in [0.1, 0.15) is 25.6 Å². The highest BCUT2D eigenvalue weighted by Crippen LogP contribution is 2.25. The third-order valence-corrected chi connectivity index (χ3v) is 3.24. The fraction of sp³-hybridized carbons (Fsp3) is 0.667. The number of aliphatic hydroxyl groups is 1. The highest BCUT2D eigenvalue weighted by molar-refractivity contribution is 5.47. The first-order chi connectivity index (χ1) is 8.22. The Morgan fingerprint density at radius 2 is 2.35 bits per heavy atom. The second-order valence-corrected chi connectivity index (χ2v) is 4.53. The molecule has 2 rings (SSSR count). The van der Waals surface area contributed by atoms with Crippen molar-refractivity contribution in [1.29, 1.82) is 0 Å². The second kappa shape index (κ2) is 5.31. The molecule has 1 aliphatic rings. The van der Waals surface area contributed by atoms with Gasteiger partial charge in [-0.15, -0.1) is 0 Å². The smallest absolute Gasteiger partial charge is 0.134 e. The molecular weight excluding hydrogens is 216 g/mol. The van der Waals surface area contributed by atoms with Gasteiger partial charge in [0, 0.05) is 32.2 Å². The number of anilines is 2. The molecule has 1 unspecified atom stereocenters. The summed E-state index contributed by atoms with van der Waals surface area (Å²) in [5, 5.41) is 8.95. The lowest BCUT2D eigenvalue weighted by Crippen LogP contribution is -2.22. The molecule has 1 aromatic heterocycles. The Kier molecular flexibility index (Phi) is 3.78. The Balaban J connectivity index is 2.10. The molecule has 17 heavy (non-hydrogen) atoms. The van der Waals surface area contributed by atoms with Gasteiger partial charge in [0.2, 0.25) is 0 Å². The van der Waals surface area contributed by atoms with E-state index in [1.54, 1.807) is 0 Å². The van der Waals surface area contributed by atoms with Crippen molar-refractivity contribution in [2.45, 2.75) is 26.2 Å². The van der Waals surface area contributed by atoms with E-state index in [1.165, 1.54) is 0 Å². The third kappa shape index (κ3) is 2.85. The number of hydrogen-bond acceptors (Lipinski definition) is 5. The standard InChI is InChI=1S/C12H20N4O/c1-2-11-14-10(13)7-12(15-11)16-5-3-9(8-16)4-6-17/h7,9,17H,2-6,8H2,1H3,(H2,13,14,15). The van der Waals surface area contributed by atoms with Crippen LogP contribution in [-0.4, -0.2) is 34.8 Å². The molecule has 3 N–H and O–H groups in total. The Morgan fingerprint density at radius 3 is 3.06 bits per heavy atom. The van der Waals surface area contributed by atoms with Gasteiger partial charge in [-0.3, -0.25) is 0 Å². The van der Waals surface area contributed by atoms with Crippen molar-refractivity contribution in [3.8, 4) is 0 Å². The van der Waals surface area contributed by atoms with Crippen LogP contribution in [-0.2, 0) is 6.42 Å². The molecule has 1 aromatic rings. The number of nitrogen functional groups attached to an aromatic ring is 1. The molecule has 0 bridgehead atoms. The largest absolute Gasteiger partial charge is 0.396 e. The van der Waals surface area contributed by atoms with Crippen molar-refractivity contribution >= 4 is 11.6 Å². The minimum Gasteiger partial charge on any atom is -0.396 e. The van der Waals surface area contributed by atoms with Gasteiger partial charge in [-0.1, -0.05) is 6.92 Å². The summed E-state index contributed by atoms with van der Waals surface area (Å²) >= 11 is 0. The Hall–Kier alpha value is -1.36. The minimum atomic E-state index is 0.268. The molecule has 94 valence electrons. The lowest BCUT2D eigenvalue weighted by atomic mass is 10.1. The van der Waals surface area contributed by atoms with Gasteiger partial charge in [0.25, 0.3) is 0 Å². The van der Waals surface area contributed by atoms with Gasteiger partial charge in [0.1, 0.15) is 17.5 Å². The van der Waals surface area contributed by atoms with E-state index in [0.717, 1.165) is 44.0 Å². The highest BCUT2D eigenvalue weighted by Gasteiger charge is 2.23. The fourth-order valence-corrected chi connectivity index (χ4v) is 2.28. The van der Waals surface area contributed by atoms with Crippen molar-refractivity contribution in [2.24, 2.45) is 5.92 Å². The molecule has 0 aliphatic carbocycles. The molecule has 2 heterocycles. The fourth-order valence-electron chi connectivity index (χ4n) is 2.28. The number of aliphatic hydroxyl groups excluding tert-OH is 1. The SMILES string of the molecule is CCc1nc(N)cc(N2CCC(CCO)C2)n1. The van der Waals surface area contributed by atoms with Gasteiger partial charge in [-0.25, -0.2) is 9.97 Å². The summed E-state index contributed by atoms with van der Waals surface area (Å²) in [5.74, 6) is 2.83. The predicted molar refractivity (Wildman–Crippen MR) is 67.8 cm³/mol. The number of aryl methyl sites for hydroxylation is 1. The lowest BCUT2D eigenvalue weighted by molar-refractivity contribution is 0.263. The molecule has 0 amide bonds. The second-order valence-electron chi connectivity index (χ2n) is 4.53. The third-order valence-electron chi connectivity index (χ3n) is 3.24. The van der Waals surface area contributed by atoms with Crippen LogP contribution in [0.2, 0.25) is 0 Å². The van der Waals surface area contributed by atoms with Crippen LogP contribution in [0.3, 0.4) is 0 Å². The maximum absolute atomic E-state index is 8.95. The van der Waals surface area contributed by atoms with Crippen LogP contribution in [0, 0.1) is 5.92 Å². The van der Waals surface area contributed by atoms with E-state index in [9.17, 15) is 0 Å². The summed E-state index contributed by atoms with van der Waals surface area (Å²) < 4.78 is 0. The van der Waals surface area contributed by atoms with Gasteiger partial charge in [-0.2, -0.15) is 0 Å². The molecule has 1 atom stereocenters. The van der Waals surface area contributed by atoms with Crippen LogP contribution in [0.4, 0.5) is 11.6 Å². The molecule has 5 heteroatoms. The molecule has 1 aliphatic heterocycles. The van der Waals surface area contributed by atoms with E-state index >= 15 is 0 Å². The molecule has 1 saturated heterocycles. The number of rotatable bonds is 4. The number of aromatic nitrogens is 2. The summed E-state index contributed by atoms with van der Waals surface area (Å²) in [4.78, 5) is 10.9.